The Morgan fingerprint density at radius 1 is 1.67 bits per heavy atom. The van der Waals surface area contributed by atoms with E-state index < -0.39 is 5.92 Å². The topological polar surface area (TPSA) is 42.1 Å². The van der Waals surface area contributed by atoms with Gasteiger partial charge in [-0.25, -0.2) is 13.8 Å². The van der Waals surface area contributed by atoms with Crippen molar-refractivity contribution in [2.45, 2.75) is 44.7 Å². The van der Waals surface area contributed by atoms with Crippen LogP contribution in [0.5, 0.6) is 0 Å². The molecule has 18 heavy (non-hydrogen) atoms. The number of alkyl halides is 2. The molecule has 1 saturated heterocycles. The smallest absolute Gasteiger partial charge is 0.250 e. The van der Waals surface area contributed by atoms with Gasteiger partial charge in [-0.2, -0.15) is 0 Å². The first-order valence-corrected chi connectivity index (χ1v) is 7.00. The summed E-state index contributed by atoms with van der Waals surface area (Å²) in [5.41, 5.74) is 5.82. The molecule has 0 amide bonds. The van der Waals surface area contributed by atoms with E-state index in [9.17, 15) is 8.78 Å². The van der Waals surface area contributed by atoms with Crippen LogP contribution in [0.1, 0.15) is 35.7 Å². The van der Waals surface area contributed by atoms with Crippen molar-refractivity contribution in [3.8, 4) is 0 Å². The Hall–Kier alpha value is -0.590. The van der Waals surface area contributed by atoms with Crippen LogP contribution in [-0.2, 0) is 0 Å². The van der Waals surface area contributed by atoms with Crippen molar-refractivity contribution in [2.75, 3.05) is 13.1 Å². The molecular weight excluding hydrogens is 256 g/mol. The molecule has 0 saturated carbocycles. The van der Waals surface area contributed by atoms with Crippen LogP contribution in [0.2, 0.25) is 0 Å². The van der Waals surface area contributed by atoms with E-state index in [2.05, 4.69) is 9.88 Å². The third-order valence-electron chi connectivity index (χ3n) is 3.49. The first-order valence-electron chi connectivity index (χ1n) is 6.19. The quantitative estimate of drug-likeness (QED) is 0.922. The summed E-state index contributed by atoms with van der Waals surface area (Å²) in [6.45, 7) is 4.63. The van der Waals surface area contributed by atoms with Gasteiger partial charge in [0.25, 0.3) is 5.92 Å². The fourth-order valence-electron chi connectivity index (χ4n) is 2.57. The van der Waals surface area contributed by atoms with E-state index in [1.807, 2.05) is 20.0 Å². The zero-order valence-corrected chi connectivity index (χ0v) is 11.5. The number of hydrogen-bond acceptors (Lipinski definition) is 4. The molecule has 0 bridgehead atoms. The Morgan fingerprint density at radius 2 is 2.39 bits per heavy atom. The standard InChI is InChI=1S/C12H19F2N3S/c1-8-5-12(13,14)3-4-17(8)10(6-15)11-7-16-9(2)18-11/h7-8,10H,3-6,15H2,1-2H3. The molecule has 2 heterocycles. The molecule has 0 spiro atoms. The average Bonchev–Trinajstić information content (AvgIpc) is 2.68. The van der Waals surface area contributed by atoms with Gasteiger partial charge >= 0.3 is 0 Å². The number of aromatic nitrogens is 1. The van der Waals surface area contributed by atoms with Gasteiger partial charge in [-0.15, -0.1) is 11.3 Å². The van der Waals surface area contributed by atoms with Crippen LogP contribution >= 0.6 is 11.3 Å². The lowest BCUT2D eigenvalue weighted by Crippen LogP contribution is -2.48. The molecule has 2 unspecified atom stereocenters. The lowest BCUT2D eigenvalue weighted by molar-refractivity contribution is -0.0836. The molecule has 2 atom stereocenters. The maximum absolute atomic E-state index is 13.3. The Bertz CT molecular complexity index is 408. The van der Waals surface area contributed by atoms with E-state index >= 15 is 0 Å². The third-order valence-corrected chi connectivity index (χ3v) is 4.50. The van der Waals surface area contributed by atoms with E-state index in [1.165, 1.54) is 0 Å². The zero-order valence-electron chi connectivity index (χ0n) is 10.7. The zero-order chi connectivity index (χ0) is 13.3. The Kier molecular flexibility index (Phi) is 3.99. The molecule has 0 aliphatic carbocycles. The molecule has 6 heteroatoms. The lowest BCUT2D eigenvalue weighted by Gasteiger charge is -2.41. The molecule has 1 aromatic rings. The fraction of sp³-hybridized carbons (Fsp3) is 0.750. The third kappa shape index (κ3) is 2.87. The summed E-state index contributed by atoms with van der Waals surface area (Å²) in [5, 5.41) is 0.985. The van der Waals surface area contributed by atoms with Gasteiger partial charge in [0.2, 0.25) is 0 Å². The minimum atomic E-state index is -2.53. The number of halogens is 2. The molecule has 1 aliphatic rings. The van der Waals surface area contributed by atoms with Gasteiger partial charge in [-0.3, -0.25) is 4.90 Å². The van der Waals surface area contributed by atoms with Crippen molar-refractivity contribution in [3.63, 3.8) is 0 Å². The molecule has 1 fully saturated rings. The monoisotopic (exact) mass is 275 g/mol. The summed E-state index contributed by atoms with van der Waals surface area (Å²) in [4.78, 5) is 7.39. The minimum absolute atomic E-state index is 0.0160. The van der Waals surface area contributed by atoms with E-state index in [-0.39, 0.29) is 24.9 Å². The maximum Gasteiger partial charge on any atom is 0.250 e. The molecule has 0 aromatic carbocycles. The van der Waals surface area contributed by atoms with Gasteiger partial charge in [-0.05, 0) is 13.8 Å². The second kappa shape index (κ2) is 5.19. The van der Waals surface area contributed by atoms with Gasteiger partial charge in [0.05, 0.1) is 11.0 Å². The Labute approximate surface area is 110 Å². The fourth-order valence-corrected chi connectivity index (χ4v) is 3.49. The Morgan fingerprint density at radius 3 is 2.89 bits per heavy atom. The van der Waals surface area contributed by atoms with Gasteiger partial charge in [0, 0.05) is 43.0 Å². The molecular formula is C12H19F2N3S. The number of nitrogens with zero attached hydrogens (tertiary/aromatic N) is 2. The van der Waals surface area contributed by atoms with Crippen LogP contribution in [0.25, 0.3) is 0 Å². The number of thiazole rings is 1. The van der Waals surface area contributed by atoms with Gasteiger partial charge in [0.1, 0.15) is 0 Å². The van der Waals surface area contributed by atoms with Crippen molar-refractivity contribution in [2.24, 2.45) is 5.73 Å². The second-order valence-electron chi connectivity index (χ2n) is 4.93. The van der Waals surface area contributed by atoms with E-state index in [0.29, 0.717) is 13.1 Å². The molecule has 3 nitrogen and oxygen atoms in total. The van der Waals surface area contributed by atoms with Gasteiger partial charge in [-0.1, -0.05) is 0 Å². The van der Waals surface area contributed by atoms with Crippen LogP contribution in [0.3, 0.4) is 0 Å². The number of nitrogens with two attached hydrogens (primary N) is 1. The van der Waals surface area contributed by atoms with Crippen molar-refractivity contribution in [3.05, 3.63) is 16.1 Å². The Balaban J connectivity index is 2.14. The highest BCUT2D eigenvalue weighted by Crippen LogP contribution is 2.36. The van der Waals surface area contributed by atoms with Crippen LogP contribution in [0.4, 0.5) is 8.78 Å². The van der Waals surface area contributed by atoms with E-state index in [0.717, 1.165) is 9.88 Å². The van der Waals surface area contributed by atoms with Crippen LogP contribution in [-0.4, -0.2) is 34.9 Å². The molecule has 102 valence electrons. The normalized spacial score (nSPS) is 26.2. The van der Waals surface area contributed by atoms with Crippen molar-refractivity contribution in [1.82, 2.24) is 9.88 Å². The largest absolute Gasteiger partial charge is 0.329 e. The highest BCUT2D eigenvalue weighted by atomic mass is 32.1. The van der Waals surface area contributed by atoms with Crippen molar-refractivity contribution in [1.29, 1.82) is 0 Å². The summed E-state index contributed by atoms with van der Waals surface area (Å²) in [7, 11) is 0. The SMILES string of the molecule is Cc1ncc(C(CN)N2CCC(F)(F)CC2C)s1. The second-order valence-corrected chi connectivity index (χ2v) is 6.20. The summed E-state index contributed by atoms with van der Waals surface area (Å²) < 4.78 is 26.7. The number of piperidine rings is 1. The summed E-state index contributed by atoms with van der Waals surface area (Å²) in [6, 6.07) is -0.132. The number of aryl methyl sites for hydroxylation is 1. The number of hydrogen-bond donors (Lipinski definition) is 1. The van der Waals surface area contributed by atoms with E-state index in [4.69, 9.17) is 5.73 Å². The molecule has 2 rings (SSSR count). The van der Waals surface area contributed by atoms with Crippen molar-refractivity contribution < 1.29 is 8.78 Å². The molecule has 2 N–H and O–H groups in total. The van der Waals surface area contributed by atoms with Gasteiger partial charge < -0.3 is 5.73 Å². The molecule has 0 radical (unpaired) electrons. The maximum atomic E-state index is 13.3. The lowest BCUT2D eigenvalue weighted by atomic mass is 9.97. The van der Waals surface area contributed by atoms with Crippen LogP contribution in [0, 0.1) is 6.92 Å². The highest BCUT2D eigenvalue weighted by Gasteiger charge is 2.40. The summed E-state index contributed by atoms with van der Waals surface area (Å²) in [6.07, 6.45) is 1.66. The predicted molar refractivity (Wildman–Crippen MR) is 69.0 cm³/mol. The van der Waals surface area contributed by atoms with Crippen LogP contribution < -0.4 is 5.73 Å². The average molecular weight is 275 g/mol. The highest BCUT2D eigenvalue weighted by molar-refractivity contribution is 7.11. The van der Waals surface area contributed by atoms with Gasteiger partial charge in [0.15, 0.2) is 0 Å². The van der Waals surface area contributed by atoms with E-state index in [1.54, 1.807) is 11.3 Å². The number of rotatable bonds is 3. The molecule has 1 aromatic heterocycles. The number of likely N-dealkylation sites (tertiary alicyclic amines) is 1. The predicted octanol–water partition coefficient (Wildman–Crippen LogP) is 2.57. The first-order chi connectivity index (χ1) is 8.43. The summed E-state index contributed by atoms with van der Waals surface area (Å²) in [5.74, 6) is -2.53. The van der Waals surface area contributed by atoms with Crippen LogP contribution in [0.15, 0.2) is 6.20 Å². The minimum Gasteiger partial charge on any atom is -0.329 e. The first kappa shape index (κ1) is 13.8. The van der Waals surface area contributed by atoms with Crippen molar-refractivity contribution >= 4 is 11.3 Å². The molecule has 1 aliphatic heterocycles. The summed E-state index contributed by atoms with van der Waals surface area (Å²) >= 11 is 1.60.